The highest BCUT2D eigenvalue weighted by atomic mass is 16.5. The van der Waals surface area contributed by atoms with Crippen molar-refractivity contribution in [2.45, 2.75) is 99.3 Å². The standard InChI is InChI=1S/C27H46O4/c1-7-24-18-25(31-19-26(28)29)17-23(6)27(24)30-16-10-15-22(5)14-9-13-21(4)12-8-11-20(2)3/h17-18,20-22H,7-16,19H2,1-6H3,(H,28,29)/t21-,22-/m1/s1. The van der Waals surface area contributed by atoms with Gasteiger partial charge in [-0.15, -0.1) is 0 Å². The van der Waals surface area contributed by atoms with E-state index in [9.17, 15) is 4.79 Å². The lowest BCUT2D eigenvalue weighted by molar-refractivity contribution is -0.139. The van der Waals surface area contributed by atoms with Gasteiger partial charge in [0, 0.05) is 0 Å². The maximum Gasteiger partial charge on any atom is 0.341 e. The molecule has 0 amide bonds. The van der Waals surface area contributed by atoms with E-state index in [4.69, 9.17) is 14.6 Å². The highest BCUT2D eigenvalue weighted by Gasteiger charge is 2.11. The quantitative estimate of drug-likeness (QED) is 0.259. The molecule has 0 spiro atoms. The minimum atomic E-state index is -0.967. The molecule has 1 aromatic rings. The number of carboxylic acids is 1. The zero-order valence-corrected chi connectivity index (χ0v) is 20.8. The number of aliphatic carboxylic acids is 1. The molecule has 0 heterocycles. The second kappa shape index (κ2) is 15.2. The molecule has 4 heteroatoms. The van der Waals surface area contributed by atoms with E-state index in [1.54, 1.807) is 0 Å². The molecule has 0 unspecified atom stereocenters. The third kappa shape index (κ3) is 12.0. The van der Waals surface area contributed by atoms with Crippen LogP contribution in [0.1, 0.15) is 97.1 Å². The highest BCUT2D eigenvalue weighted by molar-refractivity contribution is 5.68. The van der Waals surface area contributed by atoms with Crippen LogP contribution in [-0.2, 0) is 11.2 Å². The third-order valence-corrected chi connectivity index (χ3v) is 6.03. The first-order chi connectivity index (χ1) is 14.7. The Morgan fingerprint density at radius 1 is 0.903 bits per heavy atom. The fourth-order valence-corrected chi connectivity index (χ4v) is 4.09. The van der Waals surface area contributed by atoms with E-state index in [1.165, 1.54) is 44.9 Å². The van der Waals surface area contributed by atoms with Crippen LogP contribution in [0.4, 0.5) is 0 Å². The fourth-order valence-electron chi connectivity index (χ4n) is 4.09. The first-order valence-electron chi connectivity index (χ1n) is 12.3. The summed E-state index contributed by atoms with van der Waals surface area (Å²) in [5.74, 6) is 2.97. The van der Waals surface area contributed by atoms with E-state index in [1.807, 2.05) is 19.1 Å². The Kier molecular flexibility index (Phi) is 13.4. The zero-order chi connectivity index (χ0) is 23.2. The molecule has 2 atom stereocenters. The predicted octanol–water partition coefficient (Wildman–Crippen LogP) is 7.45. The van der Waals surface area contributed by atoms with E-state index in [0.29, 0.717) is 5.75 Å². The van der Waals surface area contributed by atoms with E-state index in [2.05, 4.69) is 34.6 Å². The number of rotatable bonds is 17. The fraction of sp³-hybridized carbons (Fsp3) is 0.741. The monoisotopic (exact) mass is 434 g/mol. The molecule has 31 heavy (non-hydrogen) atoms. The summed E-state index contributed by atoms with van der Waals surface area (Å²) in [6, 6.07) is 3.76. The molecule has 0 saturated carbocycles. The Morgan fingerprint density at radius 3 is 2.03 bits per heavy atom. The molecule has 0 radical (unpaired) electrons. The van der Waals surface area contributed by atoms with Crippen molar-refractivity contribution in [2.75, 3.05) is 13.2 Å². The van der Waals surface area contributed by atoms with E-state index >= 15 is 0 Å². The molecule has 0 aromatic heterocycles. The number of benzene rings is 1. The maximum absolute atomic E-state index is 10.7. The number of hydrogen-bond acceptors (Lipinski definition) is 3. The van der Waals surface area contributed by atoms with Crippen LogP contribution >= 0.6 is 0 Å². The van der Waals surface area contributed by atoms with Crippen molar-refractivity contribution >= 4 is 5.97 Å². The second-order valence-corrected chi connectivity index (χ2v) is 9.72. The van der Waals surface area contributed by atoms with Gasteiger partial charge in [0.2, 0.25) is 0 Å². The Labute approximate surface area is 190 Å². The summed E-state index contributed by atoms with van der Waals surface area (Å²) in [5, 5.41) is 8.80. The first-order valence-corrected chi connectivity index (χ1v) is 12.3. The van der Waals surface area contributed by atoms with Crippen LogP contribution < -0.4 is 9.47 Å². The smallest absolute Gasteiger partial charge is 0.341 e. The van der Waals surface area contributed by atoms with E-state index < -0.39 is 5.97 Å². The van der Waals surface area contributed by atoms with Gasteiger partial charge in [-0.05, 0) is 67.2 Å². The SMILES string of the molecule is CCc1cc(OCC(=O)O)cc(C)c1OCCC[C@H](C)CCC[C@H](C)CCCC(C)C. The van der Waals surface area contributed by atoms with Gasteiger partial charge in [0.25, 0.3) is 0 Å². The Balaban J connectivity index is 2.31. The average molecular weight is 435 g/mol. The van der Waals surface area contributed by atoms with Crippen LogP contribution in [0, 0.1) is 24.7 Å². The van der Waals surface area contributed by atoms with Crippen molar-refractivity contribution < 1.29 is 19.4 Å². The Morgan fingerprint density at radius 2 is 1.48 bits per heavy atom. The molecule has 4 nitrogen and oxygen atoms in total. The van der Waals surface area contributed by atoms with Crippen molar-refractivity contribution in [1.82, 2.24) is 0 Å². The largest absolute Gasteiger partial charge is 0.493 e. The maximum atomic E-state index is 10.7. The lowest BCUT2D eigenvalue weighted by atomic mass is 9.92. The van der Waals surface area contributed by atoms with Gasteiger partial charge in [0.15, 0.2) is 6.61 Å². The summed E-state index contributed by atoms with van der Waals surface area (Å²) in [6.45, 7) is 13.9. The van der Waals surface area contributed by atoms with Crippen LogP contribution in [0.15, 0.2) is 12.1 Å². The molecule has 178 valence electrons. The van der Waals surface area contributed by atoms with Crippen molar-refractivity contribution in [3.8, 4) is 11.5 Å². The molecule has 0 fully saturated rings. The number of aryl methyl sites for hydroxylation is 2. The van der Waals surface area contributed by atoms with Crippen molar-refractivity contribution in [3.63, 3.8) is 0 Å². The van der Waals surface area contributed by atoms with Gasteiger partial charge in [-0.1, -0.05) is 73.1 Å². The molecule has 0 aliphatic rings. The molecular weight excluding hydrogens is 388 g/mol. The number of carboxylic acid groups (broad SMARTS) is 1. The van der Waals surface area contributed by atoms with Crippen molar-refractivity contribution in [1.29, 1.82) is 0 Å². The average Bonchev–Trinajstić information content (AvgIpc) is 2.70. The molecule has 0 aliphatic carbocycles. The van der Waals surface area contributed by atoms with Crippen molar-refractivity contribution in [2.24, 2.45) is 17.8 Å². The number of ether oxygens (including phenoxy) is 2. The van der Waals surface area contributed by atoms with E-state index in [-0.39, 0.29) is 6.61 Å². The number of carbonyl (C=O) groups is 1. The van der Waals surface area contributed by atoms with Gasteiger partial charge in [0.1, 0.15) is 11.5 Å². The Bertz CT molecular complexity index is 638. The summed E-state index contributed by atoms with van der Waals surface area (Å²) in [4.78, 5) is 10.7. The molecule has 0 aliphatic heterocycles. The highest BCUT2D eigenvalue weighted by Crippen LogP contribution is 2.30. The van der Waals surface area contributed by atoms with Gasteiger partial charge in [-0.2, -0.15) is 0 Å². The summed E-state index contributed by atoms with van der Waals surface area (Å²) in [6.07, 6.45) is 11.2. The summed E-state index contributed by atoms with van der Waals surface area (Å²) >= 11 is 0. The predicted molar refractivity (Wildman–Crippen MR) is 129 cm³/mol. The molecular formula is C27H46O4. The normalized spacial score (nSPS) is 13.3. The van der Waals surface area contributed by atoms with Crippen LogP contribution in [0.2, 0.25) is 0 Å². The minimum absolute atomic E-state index is 0.322. The van der Waals surface area contributed by atoms with Crippen LogP contribution in [0.3, 0.4) is 0 Å². The topological polar surface area (TPSA) is 55.8 Å². The lowest BCUT2D eigenvalue weighted by Crippen LogP contribution is -2.10. The molecule has 0 saturated heterocycles. The molecule has 1 N–H and O–H groups in total. The zero-order valence-electron chi connectivity index (χ0n) is 20.8. The summed E-state index contributed by atoms with van der Waals surface area (Å²) in [5.41, 5.74) is 2.07. The minimum Gasteiger partial charge on any atom is -0.493 e. The molecule has 1 rings (SSSR count). The van der Waals surface area contributed by atoms with Crippen molar-refractivity contribution in [3.05, 3.63) is 23.3 Å². The number of hydrogen-bond donors (Lipinski definition) is 1. The summed E-state index contributed by atoms with van der Waals surface area (Å²) in [7, 11) is 0. The Hall–Kier alpha value is -1.71. The van der Waals surface area contributed by atoms with Crippen LogP contribution in [0.5, 0.6) is 11.5 Å². The third-order valence-electron chi connectivity index (χ3n) is 6.03. The van der Waals surface area contributed by atoms with E-state index in [0.717, 1.165) is 54.1 Å². The first kappa shape index (κ1) is 27.3. The van der Waals surface area contributed by atoms with Gasteiger partial charge < -0.3 is 14.6 Å². The van der Waals surface area contributed by atoms with Gasteiger partial charge >= 0.3 is 5.97 Å². The van der Waals surface area contributed by atoms with Crippen LogP contribution in [0.25, 0.3) is 0 Å². The van der Waals surface area contributed by atoms with Gasteiger partial charge in [-0.3, -0.25) is 0 Å². The van der Waals surface area contributed by atoms with Gasteiger partial charge in [0.05, 0.1) is 6.61 Å². The molecule has 0 bridgehead atoms. The molecule has 1 aromatic carbocycles. The summed E-state index contributed by atoms with van der Waals surface area (Å²) < 4.78 is 11.5. The lowest BCUT2D eigenvalue weighted by Gasteiger charge is -2.17. The van der Waals surface area contributed by atoms with Crippen LogP contribution in [-0.4, -0.2) is 24.3 Å². The second-order valence-electron chi connectivity index (χ2n) is 9.72. The van der Waals surface area contributed by atoms with Gasteiger partial charge in [-0.25, -0.2) is 4.79 Å².